The van der Waals surface area contributed by atoms with Gasteiger partial charge in [-0.1, -0.05) is 19.3 Å². The van der Waals surface area contributed by atoms with Crippen LogP contribution in [0.3, 0.4) is 0 Å². The van der Waals surface area contributed by atoms with Crippen molar-refractivity contribution in [1.29, 1.82) is 0 Å². The number of hydrogen-bond donors (Lipinski definition) is 1. The van der Waals surface area contributed by atoms with Crippen molar-refractivity contribution in [2.75, 3.05) is 33.9 Å². The zero-order valence-corrected chi connectivity index (χ0v) is 11.2. The lowest BCUT2D eigenvalue weighted by Gasteiger charge is -2.52. The molecule has 0 spiro atoms. The average Bonchev–Trinajstić information content (AvgIpc) is 2.34. The molecule has 1 saturated heterocycles. The Balaban J connectivity index is 1.88. The Morgan fingerprint density at radius 1 is 1.18 bits per heavy atom. The first-order chi connectivity index (χ1) is 8.24. The summed E-state index contributed by atoms with van der Waals surface area (Å²) in [6, 6.07) is 0.522. The summed E-state index contributed by atoms with van der Waals surface area (Å²) in [6.07, 6.45) is 6.81. The average molecular weight is 242 g/mol. The molecule has 1 aliphatic heterocycles. The van der Waals surface area contributed by atoms with E-state index < -0.39 is 0 Å². The summed E-state index contributed by atoms with van der Waals surface area (Å²) in [7, 11) is 3.44. The number of likely N-dealkylation sites (tertiary alicyclic amines) is 1. The smallest absolute Gasteiger partial charge is 0.193 e. The van der Waals surface area contributed by atoms with Gasteiger partial charge in [-0.05, 0) is 18.8 Å². The minimum absolute atomic E-state index is 0.373. The molecule has 0 aromatic rings. The molecule has 0 radical (unpaired) electrons. The van der Waals surface area contributed by atoms with Crippen molar-refractivity contribution in [2.24, 2.45) is 11.7 Å². The molecule has 2 aliphatic rings. The third-order valence-electron chi connectivity index (χ3n) is 4.54. The molecule has 17 heavy (non-hydrogen) atoms. The Bertz CT molecular complexity index is 230. The van der Waals surface area contributed by atoms with Crippen LogP contribution in [-0.2, 0) is 9.47 Å². The lowest BCUT2D eigenvalue weighted by molar-refractivity contribution is -0.284. The van der Waals surface area contributed by atoms with Crippen LogP contribution >= 0.6 is 0 Å². The largest absolute Gasteiger partial charge is 0.351 e. The molecule has 2 N–H and O–H groups in total. The van der Waals surface area contributed by atoms with E-state index in [0.29, 0.717) is 6.04 Å². The molecule has 1 saturated carbocycles. The third kappa shape index (κ3) is 2.65. The minimum atomic E-state index is -0.373. The molecule has 2 rings (SSSR count). The van der Waals surface area contributed by atoms with Crippen LogP contribution in [0.2, 0.25) is 0 Å². The van der Waals surface area contributed by atoms with Crippen LogP contribution in [0, 0.1) is 5.92 Å². The highest BCUT2D eigenvalue weighted by Gasteiger charge is 2.47. The number of methoxy groups -OCH3 is 2. The molecular weight excluding hydrogens is 216 g/mol. The SMILES string of the molecule is COC1(OC)CN(C(CN)C2CCCCC2)C1. The Labute approximate surface area is 104 Å². The summed E-state index contributed by atoms with van der Waals surface area (Å²) in [6.45, 7) is 2.48. The number of hydrogen-bond acceptors (Lipinski definition) is 4. The zero-order valence-electron chi connectivity index (χ0n) is 11.2. The summed E-state index contributed by atoms with van der Waals surface area (Å²) < 4.78 is 10.9. The van der Waals surface area contributed by atoms with Crippen LogP contribution in [0.5, 0.6) is 0 Å². The number of nitrogens with zero attached hydrogens (tertiary/aromatic N) is 1. The quantitative estimate of drug-likeness (QED) is 0.736. The summed E-state index contributed by atoms with van der Waals surface area (Å²) in [4.78, 5) is 2.43. The molecule has 4 heteroatoms. The summed E-state index contributed by atoms with van der Waals surface area (Å²) in [5.74, 6) is 0.405. The highest BCUT2D eigenvalue weighted by Crippen LogP contribution is 2.34. The van der Waals surface area contributed by atoms with E-state index in [0.717, 1.165) is 25.6 Å². The van der Waals surface area contributed by atoms with Gasteiger partial charge < -0.3 is 15.2 Å². The van der Waals surface area contributed by atoms with E-state index in [-0.39, 0.29) is 5.79 Å². The first-order valence-corrected chi connectivity index (χ1v) is 6.79. The van der Waals surface area contributed by atoms with E-state index in [2.05, 4.69) is 4.90 Å². The second-order valence-corrected chi connectivity index (χ2v) is 5.43. The molecule has 1 atom stereocenters. The van der Waals surface area contributed by atoms with Gasteiger partial charge in [0.15, 0.2) is 5.79 Å². The van der Waals surface area contributed by atoms with Crippen molar-refractivity contribution in [3.05, 3.63) is 0 Å². The maximum absolute atomic E-state index is 5.96. The van der Waals surface area contributed by atoms with Gasteiger partial charge in [0, 0.05) is 26.8 Å². The van der Waals surface area contributed by atoms with Crippen LogP contribution in [0.25, 0.3) is 0 Å². The van der Waals surface area contributed by atoms with Gasteiger partial charge in [0.1, 0.15) is 0 Å². The van der Waals surface area contributed by atoms with E-state index in [9.17, 15) is 0 Å². The first kappa shape index (κ1) is 13.3. The number of ether oxygens (including phenoxy) is 2. The molecule has 4 nitrogen and oxygen atoms in total. The predicted octanol–water partition coefficient (Wildman–Crippen LogP) is 1.20. The normalized spacial score (nSPS) is 27.7. The fraction of sp³-hybridized carbons (Fsp3) is 1.00. The highest BCUT2D eigenvalue weighted by molar-refractivity contribution is 4.96. The number of nitrogens with two attached hydrogens (primary N) is 1. The molecule has 0 aromatic carbocycles. The standard InChI is InChI=1S/C13H26N2O2/c1-16-13(17-2)9-15(10-13)12(8-14)11-6-4-3-5-7-11/h11-12H,3-10,14H2,1-2H3. The monoisotopic (exact) mass is 242 g/mol. The molecule has 1 aliphatic carbocycles. The van der Waals surface area contributed by atoms with Crippen molar-refractivity contribution >= 4 is 0 Å². The van der Waals surface area contributed by atoms with Gasteiger partial charge in [-0.3, -0.25) is 4.90 Å². The van der Waals surface area contributed by atoms with Gasteiger partial charge in [-0.2, -0.15) is 0 Å². The van der Waals surface area contributed by atoms with Gasteiger partial charge in [-0.25, -0.2) is 0 Å². The maximum Gasteiger partial charge on any atom is 0.193 e. The van der Waals surface area contributed by atoms with E-state index in [1.165, 1.54) is 32.1 Å². The van der Waals surface area contributed by atoms with Gasteiger partial charge in [0.2, 0.25) is 0 Å². The third-order valence-corrected chi connectivity index (χ3v) is 4.54. The lowest BCUT2D eigenvalue weighted by Crippen LogP contribution is -2.68. The highest BCUT2D eigenvalue weighted by atomic mass is 16.7. The van der Waals surface area contributed by atoms with Gasteiger partial charge in [-0.15, -0.1) is 0 Å². The Morgan fingerprint density at radius 2 is 1.76 bits per heavy atom. The van der Waals surface area contributed by atoms with Crippen LogP contribution < -0.4 is 5.73 Å². The van der Waals surface area contributed by atoms with Crippen molar-refractivity contribution in [3.8, 4) is 0 Å². The number of rotatable bonds is 5. The maximum atomic E-state index is 5.96. The fourth-order valence-electron chi connectivity index (χ4n) is 3.31. The molecular formula is C13H26N2O2. The van der Waals surface area contributed by atoms with Gasteiger partial charge in [0.25, 0.3) is 0 Å². The van der Waals surface area contributed by atoms with Crippen molar-refractivity contribution in [1.82, 2.24) is 4.90 Å². The predicted molar refractivity (Wildman–Crippen MR) is 67.7 cm³/mol. The van der Waals surface area contributed by atoms with E-state index in [4.69, 9.17) is 15.2 Å². The van der Waals surface area contributed by atoms with E-state index in [1.54, 1.807) is 14.2 Å². The topological polar surface area (TPSA) is 47.7 Å². The lowest BCUT2D eigenvalue weighted by atomic mass is 9.82. The molecule has 0 aromatic heterocycles. The zero-order chi connectivity index (χ0) is 12.3. The van der Waals surface area contributed by atoms with Gasteiger partial charge >= 0.3 is 0 Å². The van der Waals surface area contributed by atoms with Crippen molar-refractivity contribution in [3.63, 3.8) is 0 Å². The Morgan fingerprint density at radius 3 is 2.24 bits per heavy atom. The molecule has 2 fully saturated rings. The fourth-order valence-corrected chi connectivity index (χ4v) is 3.31. The van der Waals surface area contributed by atoms with E-state index >= 15 is 0 Å². The van der Waals surface area contributed by atoms with Crippen LogP contribution in [0.15, 0.2) is 0 Å². The minimum Gasteiger partial charge on any atom is -0.351 e. The van der Waals surface area contributed by atoms with Gasteiger partial charge in [0.05, 0.1) is 13.1 Å². The molecule has 0 amide bonds. The summed E-state index contributed by atoms with van der Waals surface area (Å²) in [5, 5.41) is 0. The second kappa shape index (κ2) is 5.65. The first-order valence-electron chi connectivity index (χ1n) is 6.79. The van der Waals surface area contributed by atoms with Crippen molar-refractivity contribution < 1.29 is 9.47 Å². The Hall–Kier alpha value is -0.160. The van der Waals surface area contributed by atoms with Crippen LogP contribution in [0.1, 0.15) is 32.1 Å². The Kier molecular flexibility index (Phi) is 4.42. The molecule has 0 bridgehead atoms. The molecule has 1 heterocycles. The van der Waals surface area contributed by atoms with E-state index in [1.807, 2.05) is 0 Å². The van der Waals surface area contributed by atoms with Crippen LogP contribution in [0.4, 0.5) is 0 Å². The van der Waals surface area contributed by atoms with Crippen LogP contribution in [-0.4, -0.2) is 50.6 Å². The summed E-state index contributed by atoms with van der Waals surface area (Å²) in [5.41, 5.74) is 5.96. The molecule has 1 unspecified atom stereocenters. The molecule has 100 valence electrons. The summed E-state index contributed by atoms with van der Waals surface area (Å²) >= 11 is 0. The second-order valence-electron chi connectivity index (χ2n) is 5.43. The van der Waals surface area contributed by atoms with Crippen molar-refractivity contribution in [2.45, 2.75) is 43.9 Å².